The standard InChI is InChI=1S/C20H15NO2/c22-15-11-12-16(23)18-17(15)19(13-7-3-1-4-8-13)21-20(18)14-9-5-2-6-10-14/h1-12,17-19H. The van der Waals surface area contributed by atoms with Crippen molar-refractivity contribution in [1.82, 2.24) is 0 Å². The lowest BCUT2D eigenvalue weighted by molar-refractivity contribution is -0.126. The van der Waals surface area contributed by atoms with Crippen molar-refractivity contribution in [1.29, 1.82) is 0 Å². The summed E-state index contributed by atoms with van der Waals surface area (Å²) in [5, 5.41) is 0. The first kappa shape index (κ1) is 13.8. The molecule has 1 aliphatic heterocycles. The lowest BCUT2D eigenvalue weighted by Crippen LogP contribution is -2.35. The molecule has 0 N–H and O–H groups in total. The van der Waals surface area contributed by atoms with E-state index in [2.05, 4.69) is 0 Å². The topological polar surface area (TPSA) is 46.5 Å². The summed E-state index contributed by atoms with van der Waals surface area (Å²) >= 11 is 0. The molecule has 1 heterocycles. The van der Waals surface area contributed by atoms with Crippen LogP contribution in [-0.2, 0) is 9.59 Å². The maximum atomic E-state index is 12.5. The summed E-state index contributed by atoms with van der Waals surface area (Å²) < 4.78 is 0. The molecule has 2 aromatic carbocycles. The number of fused-ring (bicyclic) bond motifs is 1. The highest BCUT2D eigenvalue weighted by molar-refractivity contribution is 6.23. The Morgan fingerprint density at radius 3 is 2.04 bits per heavy atom. The van der Waals surface area contributed by atoms with E-state index in [1.165, 1.54) is 12.2 Å². The van der Waals surface area contributed by atoms with Gasteiger partial charge in [0.15, 0.2) is 11.6 Å². The summed E-state index contributed by atoms with van der Waals surface area (Å²) in [5.41, 5.74) is 2.62. The highest BCUT2D eigenvalue weighted by Crippen LogP contribution is 2.43. The molecule has 0 spiro atoms. The number of hydrogen-bond acceptors (Lipinski definition) is 3. The summed E-state index contributed by atoms with van der Waals surface area (Å²) in [6.07, 6.45) is 2.80. The SMILES string of the molecule is O=C1C=CC(=O)C2C1C(c1ccccc1)=NC2c1ccccc1. The smallest absolute Gasteiger partial charge is 0.165 e. The van der Waals surface area contributed by atoms with Crippen molar-refractivity contribution in [2.75, 3.05) is 0 Å². The van der Waals surface area contributed by atoms with Crippen LogP contribution in [0.5, 0.6) is 0 Å². The minimum Gasteiger partial charge on any atom is -0.294 e. The third-order valence-electron chi connectivity index (χ3n) is 4.53. The Morgan fingerprint density at radius 1 is 0.739 bits per heavy atom. The van der Waals surface area contributed by atoms with Gasteiger partial charge in [0.2, 0.25) is 0 Å². The molecule has 0 bridgehead atoms. The van der Waals surface area contributed by atoms with E-state index < -0.39 is 11.8 Å². The van der Waals surface area contributed by atoms with Crippen LogP contribution in [0.3, 0.4) is 0 Å². The largest absolute Gasteiger partial charge is 0.294 e. The van der Waals surface area contributed by atoms with Crippen LogP contribution in [0.1, 0.15) is 17.2 Å². The number of nitrogens with zero attached hydrogens (tertiary/aromatic N) is 1. The van der Waals surface area contributed by atoms with Crippen molar-refractivity contribution >= 4 is 17.3 Å². The number of carbonyl (C=O) groups excluding carboxylic acids is 2. The van der Waals surface area contributed by atoms with Gasteiger partial charge in [0.25, 0.3) is 0 Å². The molecule has 0 amide bonds. The Bertz CT molecular complexity index is 821. The van der Waals surface area contributed by atoms with Gasteiger partial charge >= 0.3 is 0 Å². The van der Waals surface area contributed by atoms with E-state index in [1.54, 1.807) is 0 Å². The summed E-state index contributed by atoms with van der Waals surface area (Å²) in [5.74, 6) is -0.945. The molecular formula is C20H15NO2. The van der Waals surface area contributed by atoms with Gasteiger partial charge in [-0.1, -0.05) is 60.7 Å². The maximum Gasteiger partial charge on any atom is 0.165 e. The fourth-order valence-electron chi connectivity index (χ4n) is 3.47. The van der Waals surface area contributed by atoms with Crippen LogP contribution in [0, 0.1) is 11.8 Å². The molecule has 4 rings (SSSR count). The third-order valence-corrected chi connectivity index (χ3v) is 4.53. The molecule has 0 fully saturated rings. The Labute approximate surface area is 134 Å². The maximum absolute atomic E-state index is 12.5. The number of rotatable bonds is 2. The number of ketones is 2. The van der Waals surface area contributed by atoms with Crippen LogP contribution in [0.2, 0.25) is 0 Å². The van der Waals surface area contributed by atoms with Gasteiger partial charge in [-0.3, -0.25) is 14.6 Å². The summed E-state index contributed by atoms with van der Waals surface area (Å²) in [7, 11) is 0. The Kier molecular flexibility index (Phi) is 3.27. The van der Waals surface area contributed by atoms with Gasteiger partial charge < -0.3 is 0 Å². The molecule has 112 valence electrons. The van der Waals surface area contributed by atoms with E-state index in [0.29, 0.717) is 0 Å². The van der Waals surface area contributed by atoms with E-state index in [1.807, 2.05) is 60.7 Å². The van der Waals surface area contributed by atoms with Gasteiger partial charge in [0.1, 0.15) is 0 Å². The van der Waals surface area contributed by atoms with Crippen LogP contribution in [0.15, 0.2) is 77.8 Å². The number of allylic oxidation sites excluding steroid dienone is 2. The molecule has 3 atom stereocenters. The second-order valence-electron chi connectivity index (χ2n) is 5.88. The molecule has 3 heteroatoms. The number of aliphatic imine (C=N–C) groups is 1. The molecule has 0 radical (unpaired) electrons. The summed E-state index contributed by atoms with van der Waals surface area (Å²) in [6.45, 7) is 0. The second kappa shape index (κ2) is 5.43. The minimum absolute atomic E-state index is 0.0156. The highest BCUT2D eigenvalue weighted by atomic mass is 16.1. The molecule has 1 aliphatic carbocycles. The average Bonchev–Trinajstić information content (AvgIpc) is 3.02. The molecule has 2 aromatic rings. The lowest BCUT2D eigenvalue weighted by atomic mass is 9.74. The van der Waals surface area contributed by atoms with E-state index in [9.17, 15) is 9.59 Å². The van der Waals surface area contributed by atoms with Crippen molar-refractivity contribution in [3.8, 4) is 0 Å². The Balaban J connectivity index is 1.86. The van der Waals surface area contributed by atoms with Crippen molar-refractivity contribution in [2.24, 2.45) is 16.8 Å². The van der Waals surface area contributed by atoms with Gasteiger partial charge in [0.05, 0.1) is 23.6 Å². The summed E-state index contributed by atoms with van der Waals surface area (Å²) in [4.78, 5) is 29.7. The number of hydrogen-bond donors (Lipinski definition) is 0. The molecule has 0 saturated carbocycles. The quantitative estimate of drug-likeness (QED) is 0.855. The van der Waals surface area contributed by atoms with E-state index in [0.717, 1.165) is 16.8 Å². The number of benzene rings is 2. The predicted molar refractivity (Wildman–Crippen MR) is 88.3 cm³/mol. The van der Waals surface area contributed by atoms with Crippen LogP contribution < -0.4 is 0 Å². The van der Waals surface area contributed by atoms with Gasteiger partial charge in [-0.2, -0.15) is 0 Å². The van der Waals surface area contributed by atoms with E-state index >= 15 is 0 Å². The van der Waals surface area contributed by atoms with Gasteiger partial charge in [-0.05, 0) is 23.3 Å². The van der Waals surface area contributed by atoms with Crippen LogP contribution >= 0.6 is 0 Å². The van der Waals surface area contributed by atoms with Gasteiger partial charge in [0, 0.05) is 0 Å². The lowest BCUT2D eigenvalue weighted by Gasteiger charge is -2.24. The zero-order valence-corrected chi connectivity index (χ0v) is 12.4. The molecule has 0 saturated heterocycles. The van der Waals surface area contributed by atoms with Crippen molar-refractivity contribution in [3.05, 3.63) is 83.9 Å². The third kappa shape index (κ3) is 2.25. The van der Waals surface area contributed by atoms with E-state index in [-0.39, 0.29) is 17.6 Å². The van der Waals surface area contributed by atoms with Crippen LogP contribution in [0.4, 0.5) is 0 Å². The fourth-order valence-corrected chi connectivity index (χ4v) is 3.47. The molecule has 23 heavy (non-hydrogen) atoms. The number of carbonyl (C=O) groups is 2. The Hall–Kier alpha value is -2.81. The molecule has 0 aromatic heterocycles. The minimum atomic E-state index is -0.472. The van der Waals surface area contributed by atoms with E-state index in [4.69, 9.17) is 4.99 Å². The second-order valence-corrected chi connectivity index (χ2v) is 5.88. The first-order valence-electron chi connectivity index (χ1n) is 7.69. The normalized spacial score (nSPS) is 26.1. The van der Waals surface area contributed by atoms with Crippen LogP contribution in [-0.4, -0.2) is 17.3 Å². The van der Waals surface area contributed by atoms with Crippen molar-refractivity contribution in [3.63, 3.8) is 0 Å². The van der Waals surface area contributed by atoms with Crippen LogP contribution in [0.25, 0.3) is 0 Å². The Morgan fingerprint density at radius 2 is 1.35 bits per heavy atom. The predicted octanol–water partition coefficient (Wildman–Crippen LogP) is 3.17. The average molecular weight is 301 g/mol. The summed E-state index contributed by atoms with van der Waals surface area (Å²) in [6, 6.07) is 19.1. The molecule has 3 unspecified atom stereocenters. The van der Waals surface area contributed by atoms with Gasteiger partial charge in [-0.15, -0.1) is 0 Å². The zero-order valence-electron chi connectivity index (χ0n) is 12.4. The van der Waals surface area contributed by atoms with Crippen molar-refractivity contribution < 1.29 is 9.59 Å². The first-order valence-corrected chi connectivity index (χ1v) is 7.69. The first-order chi connectivity index (χ1) is 11.3. The molecule has 2 aliphatic rings. The van der Waals surface area contributed by atoms with Gasteiger partial charge in [-0.25, -0.2) is 0 Å². The monoisotopic (exact) mass is 301 g/mol. The highest BCUT2D eigenvalue weighted by Gasteiger charge is 2.48. The molecule has 3 nitrogen and oxygen atoms in total. The molecular weight excluding hydrogens is 286 g/mol. The fraction of sp³-hybridized carbons (Fsp3) is 0.150. The zero-order chi connectivity index (χ0) is 15.8. The van der Waals surface area contributed by atoms with Crippen molar-refractivity contribution in [2.45, 2.75) is 6.04 Å².